The Balaban J connectivity index is 2.16. The van der Waals surface area contributed by atoms with Crippen molar-refractivity contribution in [3.05, 3.63) is 0 Å². The summed E-state index contributed by atoms with van der Waals surface area (Å²) in [4.78, 5) is 0. The molecule has 0 N–H and O–H groups in total. The molecule has 0 spiro atoms. The summed E-state index contributed by atoms with van der Waals surface area (Å²) < 4.78 is 0. The van der Waals surface area contributed by atoms with Crippen LogP contribution in [-0.2, 0) is 0 Å². The SMILES string of the molecule is CC1C2CCC1C(S)C2. The monoisotopic (exact) mass is 142 g/mol. The first-order valence-electron chi connectivity index (χ1n) is 3.97. The summed E-state index contributed by atoms with van der Waals surface area (Å²) in [6.07, 6.45) is 4.35. The van der Waals surface area contributed by atoms with E-state index in [0.29, 0.717) is 0 Å². The molecule has 9 heavy (non-hydrogen) atoms. The lowest BCUT2D eigenvalue weighted by molar-refractivity contribution is 0.448. The standard InChI is InChI=1S/C8H14S/c1-5-6-2-3-7(5)8(9)4-6/h5-9H,2-4H2,1H3. The summed E-state index contributed by atoms with van der Waals surface area (Å²) >= 11 is 4.56. The van der Waals surface area contributed by atoms with E-state index in [9.17, 15) is 0 Å². The van der Waals surface area contributed by atoms with Crippen molar-refractivity contribution in [1.82, 2.24) is 0 Å². The van der Waals surface area contributed by atoms with Gasteiger partial charge in [0.05, 0.1) is 0 Å². The van der Waals surface area contributed by atoms with Crippen molar-refractivity contribution in [2.24, 2.45) is 17.8 Å². The molecule has 52 valence electrons. The molecule has 2 rings (SSSR count). The molecule has 0 aromatic carbocycles. The lowest BCUT2D eigenvalue weighted by Gasteiger charge is -2.15. The average molecular weight is 142 g/mol. The van der Waals surface area contributed by atoms with Gasteiger partial charge >= 0.3 is 0 Å². The first-order valence-corrected chi connectivity index (χ1v) is 4.48. The van der Waals surface area contributed by atoms with Gasteiger partial charge in [-0.1, -0.05) is 6.92 Å². The molecule has 0 radical (unpaired) electrons. The minimum absolute atomic E-state index is 0.749. The minimum Gasteiger partial charge on any atom is -0.176 e. The molecule has 0 heterocycles. The van der Waals surface area contributed by atoms with Crippen molar-refractivity contribution in [1.29, 1.82) is 0 Å². The summed E-state index contributed by atoms with van der Waals surface area (Å²) in [5.74, 6) is 3.00. The van der Waals surface area contributed by atoms with E-state index in [1.165, 1.54) is 19.3 Å². The fourth-order valence-corrected chi connectivity index (χ4v) is 3.33. The van der Waals surface area contributed by atoms with Gasteiger partial charge in [-0.15, -0.1) is 0 Å². The lowest BCUT2D eigenvalue weighted by atomic mass is 10.0. The van der Waals surface area contributed by atoms with Crippen LogP contribution in [0.5, 0.6) is 0 Å². The van der Waals surface area contributed by atoms with Crippen molar-refractivity contribution in [3.8, 4) is 0 Å². The van der Waals surface area contributed by atoms with Gasteiger partial charge in [0.25, 0.3) is 0 Å². The van der Waals surface area contributed by atoms with Crippen molar-refractivity contribution < 1.29 is 0 Å². The molecule has 2 bridgehead atoms. The van der Waals surface area contributed by atoms with E-state index < -0.39 is 0 Å². The molecule has 2 aliphatic carbocycles. The highest BCUT2D eigenvalue weighted by Gasteiger charge is 2.43. The van der Waals surface area contributed by atoms with Crippen LogP contribution in [-0.4, -0.2) is 5.25 Å². The van der Waals surface area contributed by atoms with Gasteiger partial charge in [-0.2, -0.15) is 12.6 Å². The topological polar surface area (TPSA) is 0 Å². The third-order valence-electron chi connectivity index (χ3n) is 3.33. The number of thiol groups is 1. The maximum atomic E-state index is 4.56. The van der Waals surface area contributed by atoms with Crippen molar-refractivity contribution >= 4 is 12.6 Å². The van der Waals surface area contributed by atoms with Gasteiger partial charge in [0.2, 0.25) is 0 Å². The molecule has 1 heteroatoms. The second kappa shape index (κ2) is 1.91. The molecule has 2 fully saturated rings. The quantitative estimate of drug-likeness (QED) is 0.493. The second-order valence-corrected chi connectivity index (χ2v) is 4.33. The van der Waals surface area contributed by atoms with Crippen molar-refractivity contribution in [3.63, 3.8) is 0 Å². The molecular formula is C8H14S. The largest absolute Gasteiger partial charge is 0.176 e. The van der Waals surface area contributed by atoms with Crippen LogP contribution >= 0.6 is 12.6 Å². The van der Waals surface area contributed by atoms with Crippen LogP contribution in [0, 0.1) is 17.8 Å². The molecule has 0 aliphatic heterocycles. The van der Waals surface area contributed by atoms with Gasteiger partial charge in [0, 0.05) is 5.25 Å². The van der Waals surface area contributed by atoms with E-state index in [4.69, 9.17) is 0 Å². The summed E-state index contributed by atoms with van der Waals surface area (Å²) in [6, 6.07) is 0. The summed E-state index contributed by atoms with van der Waals surface area (Å²) in [7, 11) is 0. The minimum atomic E-state index is 0.749. The van der Waals surface area contributed by atoms with Crippen LogP contribution in [0.4, 0.5) is 0 Å². The van der Waals surface area contributed by atoms with Gasteiger partial charge < -0.3 is 0 Å². The first-order chi connectivity index (χ1) is 4.29. The molecule has 4 atom stereocenters. The number of fused-ring (bicyclic) bond motifs is 2. The lowest BCUT2D eigenvalue weighted by Crippen LogP contribution is -2.10. The van der Waals surface area contributed by atoms with E-state index >= 15 is 0 Å². The zero-order valence-electron chi connectivity index (χ0n) is 5.88. The smallest absolute Gasteiger partial charge is 0.00504 e. The summed E-state index contributed by atoms with van der Waals surface area (Å²) in [5, 5.41) is 0.749. The Kier molecular flexibility index (Phi) is 1.29. The maximum absolute atomic E-state index is 4.56. The number of rotatable bonds is 0. The van der Waals surface area contributed by atoms with E-state index in [1.54, 1.807) is 0 Å². The molecule has 0 aromatic heterocycles. The van der Waals surface area contributed by atoms with Crippen LogP contribution < -0.4 is 0 Å². The molecule has 4 unspecified atom stereocenters. The second-order valence-electron chi connectivity index (χ2n) is 3.66. The van der Waals surface area contributed by atoms with Crippen LogP contribution in [0.1, 0.15) is 26.2 Å². The average Bonchev–Trinajstić information content (AvgIpc) is 2.25. The molecule has 0 nitrogen and oxygen atoms in total. The molecular weight excluding hydrogens is 128 g/mol. The Morgan fingerprint density at radius 2 is 2.11 bits per heavy atom. The van der Waals surface area contributed by atoms with Crippen LogP contribution in [0.3, 0.4) is 0 Å². The highest BCUT2D eigenvalue weighted by Crippen LogP contribution is 2.50. The first kappa shape index (κ1) is 6.09. The number of hydrogen-bond donors (Lipinski definition) is 1. The highest BCUT2D eigenvalue weighted by atomic mass is 32.1. The van der Waals surface area contributed by atoms with E-state index in [1.807, 2.05) is 0 Å². The summed E-state index contributed by atoms with van der Waals surface area (Å²) in [6.45, 7) is 2.40. The number of hydrogen-bond acceptors (Lipinski definition) is 1. The van der Waals surface area contributed by atoms with E-state index in [0.717, 1.165) is 23.0 Å². The van der Waals surface area contributed by atoms with Gasteiger partial charge in [-0.05, 0) is 37.0 Å². The van der Waals surface area contributed by atoms with Crippen LogP contribution in [0.2, 0.25) is 0 Å². The van der Waals surface area contributed by atoms with Crippen molar-refractivity contribution in [2.75, 3.05) is 0 Å². The van der Waals surface area contributed by atoms with E-state index in [2.05, 4.69) is 19.6 Å². The predicted octanol–water partition coefficient (Wildman–Crippen LogP) is 2.35. The fourth-order valence-electron chi connectivity index (χ4n) is 2.64. The Labute approximate surface area is 62.4 Å². The molecule has 0 saturated heterocycles. The Morgan fingerprint density at radius 3 is 2.33 bits per heavy atom. The molecule has 2 aliphatic rings. The third kappa shape index (κ3) is 0.739. The molecule has 0 aromatic rings. The third-order valence-corrected chi connectivity index (χ3v) is 3.92. The van der Waals surface area contributed by atoms with Gasteiger partial charge in [-0.25, -0.2) is 0 Å². The van der Waals surface area contributed by atoms with Gasteiger partial charge in [0.15, 0.2) is 0 Å². The Bertz CT molecular complexity index is 122. The van der Waals surface area contributed by atoms with Crippen molar-refractivity contribution in [2.45, 2.75) is 31.4 Å². The fraction of sp³-hybridized carbons (Fsp3) is 1.00. The van der Waals surface area contributed by atoms with E-state index in [-0.39, 0.29) is 0 Å². The molecule has 0 amide bonds. The molecule has 2 saturated carbocycles. The van der Waals surface area contributed by atoms with Crippen LogP contribution in [0.15, 0.2) is 0 Å². The zero-order chi connectivity index (χ0) is 6.43. The maximum Gasteiger partial charge on any atom is 0.00504 e. The highest BCUT2D eigenvalue weighted by molar-refractivity contribution is 7.81. The van der Waals surface area contributed by atoms with Gasteiger partial charge in [-0.3, -0.25) is 0 Å². The predicted molar refractivity (Wildman–Crippen MR) is 42.8 cm³/mol. The summed E-state index contributed by atoms with van der Waals surface area (Å²) in [5.41, 5.74) is 0. The normalized spacial score (nSPS) is 56.7. The Hall–Kier alpha value is 0.350. The van der Waals surface area contributed by atoms with Crippen LogP contribution in [0.25, 0.3) is 0 Å². The Morgan fingerprint density at radius 1 is 1.33 bits per heavy atom. The van der Waals surface area contributed by atoms with Gasteiger partial charge in [0.1, 0.15) is 0 Å². The zero-order valence-corrected chi connectivity index (χ0v) is 6.77.